The third kappa shape index (κ3) is 1.27. The second kappa shape index (κ2) is 5.47. The molecular weight excluding hydrogens is 835 g/mol. The lowest BCUT2D eigenvalue weighted by molar-refractivity contribution is 0.0845. The molecular formula is C67H5NO. The molecule has 2 nitrogen and oxygen atoms in total. The molecule has 284 valence electrons. The predicted molar refractivity (Wildman–Crippen MR) is 286 cm³/mol. The SMILES string of the molecule is O=C(c1ccccc1)N1C23c4c5c6c7c8c9c(c%10c%11c2c2c4c4c%12c5c5c6c6c8c8c%13c9c9c%10c%10c%11c%11c2c2c4c4c%12c%12c5c5c6c8c6c8c%13c9c9c%10c%10c%11c2c2c4c4c%12c5c6c5c8c9c%10c2c45)C713. The zero-order valence-electron chi connectivity index (χ0n) is 34.7. The third-order valence-corrected chi connectivity index (χ3v) is 25.1. The maximum atomic E-state index is 16.6. The van der Waals surface area contributed by atoms with Gasteiger partial charge in [0.1, 0.15) is 11.1 Å². The van der Waals surface area contributed by atoms with Crippen molar-refractivity contribution in [3.63, 3.8) is 0 Å². The Labute approximate surface area is 373 Å². The summed E-state index contributed by atoms with van der Waals surface area (Å²) in [6.45, 7) is 0. The van der Waals surface area contributed by atoms with Gasteiger partial charge in [0, 0.05) is 27.8 Å². The Bertz CT molecular complexity index is 6820. The van der Waals surface area contributed by atoms with E-state index < -0.39 is 11.1 Å². The average molecular weight is 840 g/mol. The van der Waals surface area contributed by atoms with Gasteiger partial charge in [-0.05, 0) is 303 Å². The number of carbonyl (C=O) groups excluding carboxylic acids is 1. The van der Waals surface area contributed by atoms with Gasteiger partial charge in [0.05, 0.1) is 0 Å². The molecule has 29 aromatic carbocycles. The number of hydrogen-bond donors (Lipinski definition) is 0. The highest BCUT2D eigenvalue weighted by Crippen LogP contribution is 2.90. The fourth-order valence-electron chi connectivity index (χ4n) is 25.0. The van der Waals surface area contributed by atoms with Crippen molar-refractivity contribution in [3.8, 4) is 0 Å². The molecule has 0 bridgehead atoms. The summed E-state index contributed by atoms with van der Waals surface area (Å²) in [6.07, 6.45) is 0. The van der Waals surface area contributed by atoms with Crippen LogP contribution in [0.4, 0.5) is 0 Å². The van der Waals surface area contributed by atoms with E-state index in [-0.39, 0.29) is 5.91 Å². The normalized spacial score (nSPS) is 22.3. The van der Waals surface area contributed by atoms with E-state index in [1.165, 1.54) is 22.3 Å². The summed E-state index contributed by atoms with van der Waals surface area (Å²) < 4.78 is 0. The Balaban J connectivity index is 1.18. The van der Waals surface area contributed by atoms with Gasteiger partial charge >= 0.3 is 0 Å². The van der Waals surface area contributed by atoms with E-state index in [1.807, 2.05) is 0 Å². The molecule has 0 atom stereocenters. The molecule has 1 fully saturated rings. The van der Waals surface area contributed by atoms with Crippen molar-refractivity contribution in [1.82, 2.24) is 4.90 Å². The number of benzene rings is 19. The Kier molecular flexibility index (Phi) is 1.97. The van der Waals surface area contributed by atoms with E-state index in [0.29, 0.717) is 0 Å². The van der Waals surface area contributed by atoms with Crippen molar-refractivity contribution in [2.45, 2.75) is 11.1 Å². The first kappa shape index (κ1) is 24.8. The van der Waals surface area contributed by atoms with Gasteiger partial charge in [-0.3, -0.25) is 4.79 Å². The molecule has 0 radical (unpaired) electrons. The summed E-state index contributed by atoms with van der Waals surface area (Å²) in [5.74, 6) is 0.214. The van der Waals surface area contributed by atoms with Gasteiger partial charge in [0.2, 0.25) is 0 Å². The van der Waals surface area contributed by atoms with Crippen LogP contribution >= 0.6 is 0 Å². The lowest BCUT2D eigenvalue weighted by Crippen LogP contribution is -2.27. The molecule has 0 unspecified atom stereocenters. The Morgan fingerprint density at radius 3 is 0.522 bits per heavy atom. The molecule has 4 aliphatic carbocycles. The van der Waals surface area contributed by atoms with Crippen LogP contribution in [0.5, 0.6) is 0 Å². The molecule has 2 spiro atoms. The summed E-state index contributed by atoms with van der Waals surface area (Å²) in [6, 6.07) is 10.5. The topological polar surface area (TPSA) is 20.1 Å². The summed E-state index contributed by atoms with van der Waals surface area (Å²) >= 11 is 0. The van der Waals surface area contributed by atoms with Crippen molar-refractivity contribution in [1.29, 1.82) is 0 Å². The molecule has 0 aromatic heterocycles. The molecule has 1 heterocycles. The van der Waals surface area contributed by atoms with Crippen LogP contribution in [0.2, 0.25) is 0 Å². The first-order chi connectivity index (χ1) is 34.4. The summed E-state index contributed by atoms with van der Waals surface area (Å²) in [5.41, 5.74) is 5.71. The minimum absolute atomic E-state index is 0.214. The molecule has 34 rings (SSSR count). The van der Waals surface area contributed by atoms with Crippen LogP contribution in [0.25, 0.3) is 291 Å². The molecule has 69 heavy (non-hydrogen) atoms. The molecule has 29 aromatic rings. The molecule has 1 amide bonds. The van der Waals surface area contributed by atoms with Crippen LogP contribution in [0, 0.1) is 0 Å². The first-order valence-electron chi connectivity index (χ1n) is 25.5. The van der Waals surface area contributed by atoms with Crippen molar-refractivity contribution in [2.75, 3.05) is 0 Å². The highest BCUT2D eigenvalue weighted by molar-refractivity contribution is 6.82. The highest BCUT2D eigenvalue weighted by Gasteiger charge is 2.87. The fourth-order valence-corrected chi connectivity index (χ4v) is 25.0. The standard InChI is InChI=1S/C67H5NO/c69-65(6-4-2-1-3-5-6)68-66-61-53-45-35-25-17-9-7-8-11-15-13(9)21-29-23(15)33-27-19(11)20-12(8)16-14-10(7)18(17)26-32-22(14)30-24(16)34-28(20)38-37(27)47-41(33)51-43(29)49(39(45)31(21)25)57(61)59(51)63-55(47)56-48(38)42(34)52-44(30)50-40(32)46(36(26)35)54(53)62(66)58(50)60(52)64(56)67(63,66)68/h1-5H. The van der Waals surface area contributed by atoms with Gasteiger partial charge < -0.3 is 4.90 Å². The van der Waals surface area contributed by atoms with E-state index in [0.717, 1.165) is 5.56 Å². The van der Waals surface area contributed by atoms with Crippen molar-refractivity contribution in [2.24, 2.45) is 0 Å². The predicted octanol–water partition coefficient (Wildman–Crippen LogP) is 17.4. The quantitative estimate of drug-likeness (QED) is 0.119. The van der Waals surface area contributed by atoms with Gasteiger partial charge in [0.25, 0.3) is 5.91 Å². The lowest BCUT2D eigenvalue weighted by Gasteiger charge is -2.29. The van der Waals surface area contributed by atoms with Crippen LogP contribution in [-0.2, 0) is 11.1 Å². The molecule has 0 saturated carbocycles. The second-order valence-electron chi connectivity index (χ2n) is 25.2. The zero-order valence-corrected chi connectivity index (χ0v) is 34.7. The Morgan fingerprint density at radius 1 is 0.217 bits per heavy atom. The fraction of sp³-hybridized carbons (Fsp3) is 0.0299. The van der Waals surface area contributed by atoms with E-state index in [1.54, 1.807) is 291 Å². The molecule has 1 saturated heterocycles. The monoisotopic (exact) mass is 839 g/mol. The summed E-state index contributed by atoms with van der Waals surface area (Å²) in [5, 5.41) is 85.8. The molecule has 0 N–H and O–H groups in total. The first-order valence-corrected chi connectivity index (χ1v) is 25.5. The summed E-state index contributed by atoms with van der Waals surface area (Å²) in [4.78, 5) is 19.2. The number of rotatable bonds is 1. The zero-order chi connectivity index (χ0) is 40.8. The number of hydrogen-bond acceptors (Lipinski definition) is 1. The smallest absolute Gasteiger partial charge is 0.256 e. The highest BCUT2D eigenvalue weighted by atomic mass is 16.2. The van der Waals surface area contributed by atoms with Gasteiger partial charge in [0.15, 0.2) is 0 Å². The van der Waals surface area contributed by atoms with E-state index in [9.17, 15) is 0 Å². The Morgan fingerprint density at radius 2 is 0.362 bits per heavy atom. The lowest BCUT2D eigenvalue weighted by atomic mass is 9.68. The van der Waals surface area contributed by atoms with Crippen LogP contribution in [-0.4, -0.2) is 10.8 Å². The van der Waals surface area contributed by atoms with E-state index >= 15 is 4.79 Å². The van der Waals surface area contributed by atoms with Gasteiger partial charge in [-0.15, -0.1) is 0 Å². The van der Waals surface area contributed by atoms with Crippen molar-refractivity contribution >= 4 is 297 Å². The minimum atomic E-state index is -0.620. The number of amides is 1. The van der Waals surface area contributed by atoms with E-state index in [2.05, 4.69) is 35.2 Å². The van der Waals surface area contributed by atoms with Crippen molar-refractivity contribution in [3.05, 3.63) is 58.1 Å². The number of nitrogens with zero attached hydrogens (tertiary/aromatic N) is 1. The maximum absolute atomic E-state index is 16.6. The average Bonchev–Trinajstić information content (AvgIpc) is 4.29. The largest absolute Gasteiger partial charge is 0.304 e. The number of carbonyl (C=O) groups is 1. The molecule has 1 aliphatic heterocycles. The van der Waals surface area contributed by atoms with Crippen molar-refractivity contribution < 1.29 is 4.79 Å². The Hall–Kier alpha value is -8.85. The van der Waals surface area contributed by atoms with Crippen LogP contribution in [0.3, 0.4) is 0 Å². The van der Waals surface area contributed by atoms with Crippen LogP contribution in [0.1, 0.15) is 32.6 Å². The van der Waals surface area contributed by atoms with Gasteiger partial charge in [-0.2, -0.15) is 0 Å². The maximum Gasteiger partial charge on any atom is 0.256 e. The minimum Gasteiger partial charge on any atom is -0.304 e. The van der Waals surface area contributed by atoms with Crippen LogP contribution in [0.15, 0.2) is 30.3 Å². The summed E-state index contributed by atoms with van der Waals surface area (Å²) in [7, 11) is 0. The van der Waals surface area contributed by atoms with E-state index in [4.69, 9.17) is 0 Å². The molecule has 5 aliphatic rings. The van der Waals surface area contributed by atoms with Gasteiger partial charge in [-0.25, -0.2) is 0 Å². The third-order valence-electron chi connectivity index (χ3n) is 25.1. The second-order valence-corrected chi connectivity index (χ2v) is 25.2. The van der Waals surface area contributed by atoms with Gasteiger partial charge in [-0.1, -0.05) is 18.2 Å². The molecule has 2 heteroatoms. The van der Waals surface area contributed by atoms with Crippen LogP contribution < -0.4 is 0 Å².